The summed E-state index contributed by atoms with van der Waals surface area (Å²) in [4.78, 5) is 14.8. The van der Waals surface area contributed by atoms with Crippen molar-refractivity contribution in [1.29, 1.82) is 0 Å². The molecule has 1 amide bonds. The zero-order chi connectivity index (χ0) is 11.7. The molecule has 1 saturated heterocycles. The lowest BCUT2D eigenvalue weighted by atomic mass is 10.2. The molecule has 16 heavy (non-hydrogen) atoms. The number of thiophene rings is 1. The summed E-state index contributed by atoms with van der Waals surface area (Å²) in [6.45, 7) is 6.45. The average Bonchev–Trinajstić information content (AvgIpc) is 2.60. The molecule has 0 unspecified atom stereocenters. The standard InChI is InChI=1S/C11H15ClN2OS/c1-7-6-16-10(9(7)12)11(15)14-4-3-13-5-8(14)2/h6,8,13H,3-5H2,1-2H3/t8-/m0/s1. The maximum absolute atomic E-state index is 12.3. The molecule has 1 aromatic heterocycles. The zero-order valence-electron chi connectivity index (χ0n) is 9.42. The van der Waals surface area contributed by atoms with Gasteiger partial charge in [-0.25, -0.2) is 0 Å². The molecule has 0 spiro atoms. The highest BCUT2D eigenvalue weighted by molar-refractivity contribution is 7.13. The predicted octanol–water partition coefficient (Wildman–Crippen LogP) is 2.14. The topological polar surface area (TPSA) is 32.3 Å². The van der Waals surface area contributed by atoms with E-state index in [4.69, 9.17) is 11.6 Å². The lowest BCUT2D eigenvalue weighted by Crippen LogP contribution is -2.52. The number of piperazine rings is 1. The van der Waals surface area contributed by atoms with Crippen LogP contribution in [-0.4, -0.2) is 36.5 Å². The number of nitrogens with zero attached hydrogens (tertiary/aromatic N) is 1. The van der Waals surface area contributed by atoms with Crippen LogP contribution >= 0.6 is 22.9 Å². The van der Waals surface area contributed by atoms with Crippen molar-refractivity contribution in [2.24, 2.45) is 0 Å². The number of amides is 1. The van der Waals surface area contributed by atoms with Gasteiger partial charge in [-0.2, -0.15) is 0 Å². The van der Waals surface area contributed by atoms with Crippen LogP contribution < -0.4 is 5.32 Å². The summed E-state index contributed by atoms with van der Waals surface area (Å²) in [5.41, 5.74) is 0.984. The van der Waals surface area contributed by atoms with E-state index >= 15 is 0 Å². The van der Waals surface area contributed by atoms with Gasteiger partial charge in [0, 0.05) is 25.7 Å². The van der Waals surface area contributed by atoms with Crippen molar-refractivity contribution in [3.8, 4) is 0 Å². The van der Waals surface area contributed by atoms with Crippen LogP contribution in [0.4, 0.5) is 0 Å². The van der Waals surface area contributed by atoms with Gasteiger partial charge in [0.15, 0.2) is 0 Å². The highest BCUT2D eigenvalue weighted by Crippen LogP contribution is 2.28. The molecule has 1 aromatic rings. The van der Waals surface area contributed by atoms with E-state index in [0.717, 1.165) is 25.2 Å². The highest BCUT2D eigenvalue weighted by atomic mass is 35.5. The van der Waals surface area contributed by atoms with Gasteiger partial charge in [-0.3, -0.25) is 4.79 Å². The van der Waals surface area contributed by atoms with Crippen molar-refractivity contribution in [2.45, 2.75) is 19.9 Å². The first-order chi connectivity index (χ1) is 7.61. The largest absolute Gasteiger partial charge is 0.333 e. The molecule has 1 atom stereocenters. The Hall–Kier alpha value is -0.580. The third-order valence-corrected chi connectivity index (χ3v) is 4.54. The van der Waals surface area contributed by atoms with Crippen molar-refractivity contribution in [1.82, 2.24) is 10.2 Å². The number of halogens is 1. The molecule has 1 aliphatic rings. The quantitative estimate of drug-likeness (QED) is 0.837. The molecular weight excluding hydrogens is 244 g/mol. The first kappa shape index (κ1) is 11.9. The molecular formula is C11H15ClN2OS. The zero-order valence-corrected chi connectivity index (χ0v) is 11.0. The minimum atomic E-state index is 0.0668. The molecule has 0 radical (unpaired) electrons. The van der Waals surface area contributed by atoms with E-state index in [1.807, 2.05) is 17.2 Å². The fourth-order valence-corrected chi connectivity index (χ4v) is 3.08. The fraction of sp³-hybridized carbons (Fsp3) is 0.545. The van der Waals surface area contributed by atoms with Crippen LogP contribution in [0.25, 0.3) is 0 Å². The number of carbonyl (C=O) groups excluding carboxylic acids is 1. The molecule has 3 nitrogen and oxygen atoms in total. The van der Waals surface area contributed by atoms with Gasteiger partial charge in [0.05, 0.1) is 5.02 Å². The number of nitrogens with one attached hydrogen (secondary N) is 1. The van der Waals surface area contributed by atoms with E-state index in [1.54, 1.807) is 0 Å². The lowest BCUT2D eigenvalue weighted by molar-refractivity contribution is 0.0661. The number of carbonyl (C=O) groups is 1. The number of aryl methyl sites for hydroxylation is 1. The van der Waals surface area contributed by atoms with Crippen molar-refractivity contribution in [2.75, 3.05) is 19.6 Å². The van der Waals surface area contributed by atoms with E-state index in [9.17, 15) is 4.79 Å². The Balaban J connectivity index is 2.21. The summed E-state index contributed by atoms with van der Waals surface area (Å²) in [6, 6.07) is 0.236. The summed E-state index contributed by atoms with van der Waals surface area (Å²) in [5, 5.41) is 5.81. The molecule has 0 saturated carbocycles. The molecule has 1 fully saturated rings. The minimum absolute atomic E-state index is 0.0668. The van der Waals surface area contributed by atoms with Crippen LogP contribution in [0, 0.1) is 6.92 Å². The van der Waals surface area contributed by atoms with Gasteiger partial charge in [0.2, 0.25) is 0 Å². The molecule has 1 N–H and O–H groups in total. The maximum atomic E-state index is 12.3. The smallest absolute Gasteiger partial charge is 0.265 e. The fourth-order valence-electron chi connectivity index (χ4n) is 1.85. The van der Waals surface area contributed by atoms with Gasteiger partial charge in [0.1, 0.15) is 4.88 Å². The summed E-state index contributed by atoms with van der Waals surface area (Å²) in [6.07, 6.45) is 0. The molecule has 1 aliphatic heterocycles. The first-order valence-corrected chi connectivity index (χ1v) is 6.62. The van der Waals surface area contributed by atoms with E-state index in [1.165, 1.54) is 11.3 Å². The second kappa shape index (κ2) is 4.73. The Morgan fingerprint density at radius 3 is 3.00 bits per heavy atom. The summed E-state index contributed by atoms with van der Waals surface area (Å²) < 4.78 is 0. The monoisotopic (exact) mass is 258 g/mol. The van der Waals surface area contributed by atoms with Crippen LogP contribution in [0.15, 0.2) is 5.38 Å². The van der Waals surface area contributed by atoms with Crippen LogP contribution in [0.1, 0.15) is 22.2 Å². The number of hydrogen-bond donors (Lipinski definition) is 1. The number of rotatable bonds is 1. The lowest BCUT2D eigenvalue weighted by Gasteiger charge is -2.33. The average molecular weight is 259 g/mol. The van der Waals surface area contributed by atoms with Gasteiger partial charge in [-0.05, 0) is 24.8 Å². The van der Waals surface area contributed by atoms with Crippen molar-refractivity contribution in [3.63, 3.8) is 0 Å². The normalized spacial score (nSPS) is 21.2. The summed E-state index contributed by atoms with van der Waals surface area (Å²) in [7, 11) is 0. The molecule has 2 heterocycles. The first-order valence-electron chi connectivity index (χ1n) is 5.36. The maximum Gasteiger partial charge on any atom is 0.265 e. The second-order valence-electron chi connectivity index (χ2n) is 4.11. The van der Waals surface area contributed by atoms with Gasteiger partial charge in [-0.1, -0.05) is 11.6 Å². The molecule has 2 rings (SSSR count). The van der Waals surface area contributed by atoms with Gasteiger partial charge in [0.25, 0.3) is 5.91 Å². The SMILES string of the molecule is Cc1csc(C(=O)N2CCNC[C@@H]2C)c1Cl. The van der Waals surface area contributed by atoms with Crippen LogP contribution in [0.2, 0.25) is 5.02 Å². The molecule has 5 heteroatoms. The molecule has 0 bridgehead atoms. The van der Waals surface area contributed by atoms with Crippen molar-refractivity contribution in [3.05, 3.63) is 20.8 Å². The van der Waals surface area contributed by atoms with E-state index < -0.39 is 0 Å². The van der Waals surface area contributed by atoms with Crippen LogP contribution in [-0.2, 0) is 0 Å². The minimum Gasteiger partial charge on any atom is -0.333 e. The Kier molecular flexibility index (Phi) is 3.52. The predicted molar refractivity (Wildman–Crippen MR) is 67.4 cm³/mol. The Morgan fingerprint density at radius 2 is 2.44 bits per heavy atom. The van der Waals surface area contributed by atoms with Gasteiger partial charge < -0.3 is 10.2 Å². The molecule has 0 aliphatic carbocycles. The van der Waals surface area contributed by atoms with Crippen LogP contribution in [0.5, 0.6) is 0 Å². The summed E-state index contributed by atoms with van der Waals surface area (Å²) >= 11 is 7.55. The van der Waals surface area contributed by atoms with Gasteiger partial charge >= 0.3 is 0 Å². The Morgan fingerprint density at radius 1 is 1.69 bits per heavy atom. The highest BCUT2D eigenvalue weighted by Gasteiger charge is 2.26. The molecule has 88 valence electrons. The Labute approximate surface area is 104 Å². The Bertz CT molecular complexity index is 405. The van der Waals surface area contributed by atoms with Crippen molar-refractivity contribution < 1.29 is 4.79 Å². The molecule has 0 aromatic carbocycles. The van der Waals surface area contributed by atoms with E-state index in [-0.39, 0.29) is 11.9 Å². The number of hydrogen-bond acceptors (Lipinski definition) is 3. The second-order valence-corrected chi connectivity index (χ2v) is 5.37. The van der Waals surface area contributed by atoms with Gasteiger partial charge in [-0.15, -0.1) is 11.3 Å². The van der Waals surface area contributed by atoms with Crippen LogP contribution in [0.3, 0.4) is 0 Å². The van der Waals surface area contributed by atoms with E-state index in [2.05, 4.69) is 12.2 Å². The third-order valence-electron chi connectivity index (χ3n) is 2.86. The third kappa shape index (κ3) is 2.10. The van der Waals surface area contributed by atoms with E-state index in [0.29, 0.717) is 9.90 Å². The van der Waals surface area contributed by atoms with Crippen molar-refractivity contribution >= 4 is 28.8 Å². The summed E-state index contributed by atoms with van der Waals surface area (Å²) in [5.74, 6) is 0.0668.